The summed E-state index contributed by atoms with van der Waals surface area (Å²) in [5.74, 6) is 0.557. The first-order valence-corrected chi connectivity index (χ1v) is 14.4. The van der Waals surface area contributed by atoms with Crippen LogP contribution in [0.3, 0.4) is 0 Å². The van der Waals surface area contributed by atoms with Crippen LogP contribution in [0.15, 0.2) is 36.4 Å². The summed E-state index contributed by atoms with van der Waals surface area (Å²) in [6.07, 6.45) is 4.46. The molecule has 2 unspecified atom stereocenters. The highest BCUT2D eigenvalue weighted by atomic mass is 19.1. The molecule has 4 aliphatic rings. The second kappa shape index (κ2) is 10.0. The number of fused-ring (bicyclic) bond motifs is 3. The van der Waals surface area contributed by atoms with Crippen LogP contribution in [0.1, 0.15) is 64.1 Å². The highest BCUT2D eigenvalue weighted by Gasteiger charge is 2.54. The monoisotopic (exact) mass is 554 g/mol. The van der Waals surface area contributed by atoms with E-state index in [2.05, 4.69) is 32.0 Å². The van der Waals surface area contributed by atoms with Crippen molar-refractivity contribution in [1.29, 1.82) is 5.26 Å². The summed E-state index contributed by atoms with van der Waals surface area (Å²) in [6.45, 7) is 2.10. The molecule has 0 spiro atoms. The Morgan fingerprint density at radius 3 is 2.61 bits per heavy atom. The number of carbonyl (C=O) groups is 2. The van der Waals surface area contributed by atoms with Crippen LogP contribution in [-0.2, 0) is 23.1 Å². The second-order valence-corrected chi connectivity index (χ2v) is 11.6. The molecular weight excluding hydrogens is 523 g/mol. The van der Waals surface area contributed by atoms with Crippen molar-refractivity contribution in [3.8, 4) is 6.07 Å². The van der Waals surface area contributed by atoms with E-state index in [0.29, 0.717) is 43.1 Å². The maximum atomic E-state index is 14.5. The fraction of sp³-hybridized carbons (Fsp3) is 0.467. The predicted molar refractivity (Wildman–Crippen MR) is 145 cm³/mol. The number of aromatic amines is 1. The molecule has 3 aromatic rings. The van der Waals surface area contributed by atoms with Gasteiger partial charge in [0.15, 0.2) is 5.82 Å². The van der Waals surface area contributed by atoms with Crippen LogP contribution < -0.4 is 5.32 Å². The largest absolute Gasteiger partial charge is 0.339 e. The third-order valence-electron chi connectivity index (χ3n) is 9.37. The lowest BCUT2D eigenvalue weighted by atomic mass is 9.69. The first kappa shape index (κ1) is 25.8. The van der Waals surface area contributed by atoms with Crippen molar-refractivity contribution < 1.29 is 14.0 Å². The Labute approximate surface area is 236 Å². The van der Waals surface area contributed by atoms with Crippen LogP contribution in [0.4, 0.5) is 4.39 Å². The molecule has 1 aromatic heterocycles. The average molecular weight is 555 g/mol. The topological polar surface area (TPSA) is 131 Å². The Kier molecular flexibility index (Phi) is 6.31. The highest BCUT2D eigenvalue weighted by Crippen LogP contribution is 2.48. The molecule has 41 heavy (non-hydrogen) atoms. The molecule has 210 valence electrons. The SMILES string of the molecule is N#CC1C[C@@H]2C[C@@H]2N1C(=O)CNCCC1(c2nn[nH]n2)c2ccc(F)cc2CCc2cc(C(=O)N3CCC3)ccc21. The molecule has 10 nitrogen and oxygen atoms in total. The van der Waals surface area contributed by atoms with Gasteiger partial charge in [-0.25, -0.2) is 4.39 Å². The standard InChI is InChI=1S/C30H31FN8O2/c31-22-5-7-25-19(13-22)3-2-18-12-20(28(41)38-10-1-11-38)4-6-24(18)30(25,29-34-36-37-35-29)8-9-33-17-27(40)39-23(16-32)14-21-15-26(21)39/h4-7,12-13,21,23,26,33H,1-3,8-11,14-15,17H2,(H,34,35,36,37)/t21-,23?,26+,30?/m1/s1. The number of carbonyl (C=O) groups excluding carboxylic acids is 2. The lowest BCUT2D eigenvalue weighted by Crippen LogP contribution is -2.44. The molecule has 7 rings (SSSR count). The van der Waals surface area contributed by atoms with Gasteiger partial charge in [-0.1, -0.05) is 17.3 Å². The van der Waals surface area contributed by atoms with Gasteiger partial charge >= 0.3 is 0 Å². The first-order valence-electron chi connectivity index (χ1n) is 14.4. The number of tetrazole rings is 1. The van der Waals surface area contributed by atoms with Gasteiger partial charge in [-0.3, -0.25) is 9.59 Å². The second-order valence-electron chi connectivity index (χ2n) is 11.6. The van der Waals surface area contributed by atoms with Gasteiger partial charge in [0.2, 0.25) is 5.91 Å². The summed E-state index contributed by atoms with van der Waals surface area (Å²) in [7, 11) is 0. The Morgan fingerprint density at radius 2 is 1.90 bits per heavy atom. The summed E-state index contributed by atoms with van der Waals surface area (Å²) in [4.78, 5) is 29.8. The molecule has 3 heterocycles. The zero-order valence-electron chi connectivity index (χ0n) is 22.6. The highest BCUT2D eigenvalue weighted by molar-refractivity contribution is 5.95. The van der Waals surface area contributed by atoms with Crippen LogP contribution in [-0.4, -0.2) is 80.5 Å². The van der Waals surface area contributed by atoms with E-state index in [1.165, 1.54) is 6.07 Å². The number of hydrogen-bond acceptors (Lipinski definition) is 7. The molecule has 2 amide bonds. The molecule has 2 aromatic carbocycles. The van der Waals surface area contributed by atoms with Gasteiger partial charge in [0.05, 0.1) is 18.0 Å². The number of amides is 2. The van der Waals surface area contributed by atoms with Gasteiger partial charge in [0.25, 0.3) is 5.91 Å². The molecule has 11 heteroatoms. The van der Waals surface area contributed by atoms with Crippen molar-refractivity contribution in [2.45, 2.75) is 56.0 Å². The molecule has 4 atom stereocenters. The Bertz CT molecular complexity index is 1550. The Hall–Kier alpha value is -4.17. The number of nitrogens with zero attached hydrogens (tertiary/aromatic N) is 6. The van der Waals surface area contributed by atoms with Gasteiger partial charge in [0.1, 0.15) is 11.9 Å². The van der Waals surface area contributed by atoms with E-state index in [1.807, 2.05) is 23.1 Å². The fourth-order valence-corrected chi connectivity index (χ4v) is 7.11. The number of likely N-dealkylation sites (tertiary alicyclic amines) is 2. The number of nitrogens with one attached hydrogen (secondary N) is 2. The van der Waals surface area contributed by atoms with Crippen molar-refractivity contribution in [2.75, 3.05) is 26.2 Å². The smallest absolute Gasteiger partial charge is 0.253 e. The molecule has 0 bridgehead atoms. The van der Waals surface area contributed by atoms with Crippen LogP contribution in [0.5, 0.6) is 0 Å². The van der Waals surface area contributed by atoms with E-state index in [1.54, 1.807) is 17.0 Å². The summed E-state index contributed by atoms with van der Waals surface area (Å²) in [6, 6.07) is 12.8. The maximum absolute atomic E-state index is 14.5. The Balaban J connectivity index is 1.23. The van der Waals surface area contributed by atoms with Crippen molar-refractivity contribution in [3.05, 3.63) is 75.9 Å². The van der Waals surface area contributed by atoms with Crippen molar-refractivity contribution >= 4 is 11.8 Å². The maximum Gasteiger partial charge on any atom is 0.253 e. The lowest BCUT2D eigenvalue weighted by Gasteiger charge is -2.35. The number of hydrogen-bond donors (Lipinski definition) is 2. The predicted octanol–water partition coefficient (Wildman–Crippen LogP) is 2.11. The van der Waals surface area contributed by atoms with Gasteiger partial charge in [0, 0.05) is 24.7 Å². The number of rotatable bonds is 7. The van der Waals surface area contributed by atoms with E-state index < -0.39 is 5.41 Å². The normalized spacial score (nSPS) is 25.8. The number of piperidine rings is 1. The fourth-order valence-electron chi connectivity index (χ4n) is 7.11. The van der Waals surface area contributed by atoms with Gasteiger partial charge in [-0.05, 0) is 97.5 Å². The van der Waals surface area contributed by atoms with E-state index >= 15 is 0 Å². The molecular formula is C30H31FN8O2. The third kappa shape index (κ3) is 4.28. The average Bonchev–Trinajstić information content (AvgIpc) is 3.34. The lowest BCUT2D eigenvalue weighted by molar-refractivity contribution is -0.131. The van der Waals surface area contributed by atoms with Gasteiger partial charge in [-0.2, -0.15) is 10.5 Å². The van der Waals surface area contributed by atoms with Crippen molar-refractivity contribution in [2.24, 2.45) is 5.92 Å². The minimum atomic E-state index is -0.888. The quantitative estimate of drug-likeness (QED) is 0.428. The third-order valence-corrected chi connectivity index (χ3v) is 9.37. The van der Waals surface area contributed by atoms with Crippen molar-refractivity contribution in [3.63, 3.8) is 0 Å². The molecule has 2 aliphatic carbocycles. The molecule has 1 saturated carbocycles. The van der Waals surface area contributed by atoms with Crippen molar-refractivity contribution in [1.82, 2.24) is 35.7 Å². The van der Waals surface area contributed by atoms with E-state index in [9.17, 15) is 19.2 Å². The van der Waals surface area contributed by atoms with Crippen LogP contribution >= 0.6 is 0 Å². The number of H-pyrrole nitrogens is 1. The first-order chi connectivity index (χ1) is 20.0. The zero-order chi connectivity index (χ0) is 28.1. The summed E-state index contributed by atoms with van der Waals surface area (Å²) >= 11 is 0. The van der Waals surface area contributed by atoms with E-state index in [0.717, 1.165) is 54.6 Å². The molecule has 2 aliphatic heterocycles. The van der Waals surface area contributed by atoms with Gasteiger partial charge in [-0.15, -0.1) is 10.2 Å². The number of nitriles is 1. The van der Waals surface area contributed by atoms with Crippen LogP contribution in [0, 0.1) is 23.1 Å². The number of aryl methyl sites for hydroxylation is 2. The summed E-state index contributed by atoms with van der Waals surface area (Å²) in [5, 5.41) is 28.2. The van der Waals surface area contributed by atoms with Crippen LogP contribution in [0.2, 0.25) is 0 Å². The zero-order valence-corrected chi connectivity index (χ0v) is 22.6. The number of halogens is 1. The number of benzene rings is 2. The molecule has 2 N–H and O–H groups in total. The van der Waals surface area contributed by atoms with E-state index in [-0.39, 0.29) is 36.3 Å². The summed E-state index contributed by atoms with van der Waals surface area (Å²) in [5.41, 5.74) is 3.43. The molecule has 3 fully saturated rings. The van der Waals surface area contributed by atoms with Gasteiger partial charge < -0.3 is 15.1 Å². The Morgan fingerprint density at radius 1 is 1.12 bits per heavy atom. The molecule has 0 radical (unpaired) electrons. The summed E-state index contributed by atoms with van der Waals surface area (Å²) < 4.78 is 14.5. The van der Waals surface area contributed by atoms with E-state index in [4.69, 9.17) is 0 Å². The minimum Gasteiger partial charge on any atom is -0.339 e. The number of aromatic nitrogens is 4. The van der Waals surface area contributed by atoms with Crippen LogP contribution in [0.25, 0.3) is 0 Å². The minimum absolute atomic E-state index is 0.0210. The molecule has 2 saturated heterocycles.